The zero-order chi connectivity index (χ0) is 30.6. The summed E-state index contributed by atoms with van der Waals surface area (Å²) >= 11 is 0. The fourth-order valence-corrected chi connectivity index (χ4v) is 7.33. The summed E-state index contributed by atoms with van der Waals surface area (Å²) < 4.78 is 11.1. The Morgan fingerprint density at radius 1 is 0.810 bits per heavy atom. The molecule has 2 rings (SSSR count). The lowest BCUT2D eigenvalue weighted by atomic mass is 9.79. The Balaban J connectivity index is 1.59. The Kier molecular flexibility index (Phi) is 18.6. The first-order valence-corrected chi connectivity index (χ1v) is 17.5. The lowest BCUT2D eigenvalue weighted by molar-refractivity contribution is -0.166. The van der Waals surface area contributed by atoms with Gasteiger partial charge in [-0.1, -0.05) is 133 Å². The van der Waals surface area contributed by atoms with Crippen molar-refractivity contribution >= 4 is 12.1 Å². The lowest BCUT2D eigenvalue weighted by Gasteiger charge is -2.39. The van der Waals surface area contributed by atoms with Crippen LogP contribution in [0.2, 0.25) is 0 Å². The van der Waals surface area contributed by atoms with Gasteiger partial charge in [0.25, 0.3) is 0 Å². The van der Waals surface area contributed by atoms with Crippen LogP contribution in [0, 0.1) is 17.8 Å². The number of rotatable bonds is 23. The van der Waals surface area contributed by atoms with E-state index in [1.54, 1.807) is 13.0 Å². The molecule has 0 aliphatic heterocycles. The van der Waals surface area contributed by atoms with E-state index in [0.717, 1.165) is 19.3 Å². The molecule has 5 atom stereocenters. The fourth-order valence-electron chi connectivity index (χ4n) is 7.33. The van der Waals surface area contributed by atoms with Crippen molar-refractivity contribution in [3.63, 3.8) is 0 Å². The second-order valence-corrected chi connectivity index (χ2v) is 12.8. The zero-order valence-corrected chi connectivity index (χ0v) is 27.6. The van der Waals surface area contributed by atoms with Gasteiger partial charge in [-0.2, -0.15) is 0 Å². The van der Waals surface area contributed by atoms with Gasteiger partial charge < -0.3 is 14.4 Å². The number of allylic oxidation sites excluding steroid dienone is 4. The Morgan fingerprint density at radius 2 is 1.36 bits per heavy atom. The van der Waals surface area contributed by atoms with Crippen LogP contribution in [-0.2, 0) is 14.3 Å². The zero-order valence-electron chi connectivity index (χ0n) is 27.6. The van der Waals surface area contributed by atoms with Gasteiger partial charge in [0, 0.05) is 31.8 Å². The minimum atomic E-state index is -0.875. The molecule has 2 saturated carbocycles. The number of hydrogen-bond donors (Lipinski definition) is 0. The third-order valence-corrected chi connectivity index (χ3v) is 9.49. The molecule has 0 radical (unpaired) electrons. The number of carbonyl (C=O) groups excluding carboxylic acids is 2. The van der Waals surface area contributed by atoms with E-state index in [-0.39, 0.29) is 18.1 Å². The molecular formula is C37H63NO4. The molecule has 5 heteroatoms. The fraction of sp³-hybridized carbons (Fsp3) is 0.784. The molecule has 2 aliphatic rings. The average Bonchev–Trinajstić information content (AvgIpc) is 3.58. The first kappa shape index (κ1) is 36.2. The van der Waals surface area contributed by atoms with Crippen LogP contribution >= 0.6 is 0 Å². The molecule has 2 bridgehead atoms. The van der Waals surface area contributed by atoms with E-state index >= 15 is 0 Å². The molecule has 0 aromatic heterocycles. The summed E-state index contributed by atoms with van der Waals surface area (Å²) in [5.41, 5.74) is 1.31. The van der Waals surface area contributed by atoms with Gasteiger partial charge in [0.2, 0.25) is 6.29 Å². The maximum Gasteiger partial charge on any atom is 0.413 e. The van der Waals surface area contributed by atoms with Gasteiger partial charge in [-0.05, 0) is 51.4 Å². The molecule has 0 aromatic carbocycles. The minimum absolute atomic E-state index is 0.137. The molecule has 42 heavy (non-hydrogen) atoms. The molecule has 0 spiro atoms. The smallest absolute Gasteiger partial charge is 0.413 e. The molecule has 2 fully saturated rings. The highest BCUT2D eigenvalue weighted by Crippen LogP contribution is 2.53. The summed E-state index contributed by atoms with van der Waals surface area (Å²) in [6, 6.07) is 0.137. The molecule has 0 heterocycles. The van der Waals surface area contributed by atoms with Gasteiger partial charge in [-0.15, -0.1) is 0 Å². The molecule has 2 aliphatic carbocycles. The van der Waals surface area contributed by atoms with Crippen LogP contribution in [0.25, 0.3) is 0 Å². The second-order valence-electron chi connectivity index (χ2n) is 12.8. The van der Waals surface area contributed by atoms with E-state index in [2.05, 4.69) is 26.5 Å². The van der Waals surface area contributed by atoms with Crippen LogP contribution in [0.4, 0.5) is 4.79 Å². The van der Waals surface area contributed by atoms with Gasteiger partial charge in [0.15, 0.2) is 0 Å². The highest BCUT2D eigenvalue weighted by Gasteiger charge is 2.51. The SMILES string of the molecule is C=C/C=C\C=C(/C)C1C2CCC(C2)C1N(CC)C(=O)OC(C)OC(=O)CCCCCCCCCCCCCCCCC. The van der Waals surface area contributed by atoms with Crippen LogP contribution < -0.4 is 0 Å². The first-order chi connectivity index (χ1) is 20.4. The molecule has 5 unspecified atom stereocenters. The van der Waals surface area contributed by atoms with Crippen molar-refractivity contribution in [3.05, 3.63) is 36.5 Å². The van der Waals surface area contributed by atoms with E-state index in [1.165, 1.54) is 102 Å². The lowest BCUT2D eigenvalue weighted by Crippen LogP contribution is -2.49. The number of carbonyl (C=O) groups is 2. The molecule has 5 nitrogen and oxygen atoms in total. The predicted octanol–water partition coefficient (Wildman–Crippen LogP) is 10.7. The molecule has 0 aromatic rings. The van der Waals surface area contributed by atoms with Gasteiger partial charge in [0.1, 0.15) is 0 Å². The Hall–Kier alpha value is -2.04. The van der Waals surface area contributed by atoms with E-state index in [1.807, 2.05) is 24.0 Å². The summed E-state index contributed by atoms with van der Waals surface area (Å²) in [6.07, 6.45) is 30.0. The summed E-state index contributed by atoms with van der Waals surface area (Å²) in [4.78, 5) is 27.5. The summed E-state index contributed by atoms with van der Waals surface area (Å²) in [5, 5.41) is 0. The maximum absolute atomic E-state index is 13.2. The molecule has 0 N–H and O–H groups in total. The van der Waals surface area contributed by atoms with Crippen molar-refractivity contribution in [1.29, 1.82) is 0 Å². The van der Waals surface area contributed by atoms with Crippen molar-refractivity contribution in [1.82, 2.24) is 4.90 Å². The highest BCUT2D eigenvalue weighted by atomic mass is 16.7. The predicted molar refractivity (Wildman–Crippen MR) is 175 cm³/mol. The van der Waals surface area contributed by atoms with E-state index < -0.39 is 6.29 Å². The van der Waals surface area contributed by atoms with Crippen molar-refractivity contribution in [3.8, 4) is 0 Å². The molecule has 240 valence electrons. The van der Waals surface area contributed by atoms with Crippen LogP contribution in [0.15, 0.2) is 36.5 Å². The monoisotopic (exact) mass is 585 g/mol. The average molecular weight is 586 g/mol. The van der Waals surface area contributed by atoms with Crippen LogP contribution in [0.5, 0.6) is 0 Å². The topological polar surface area (TPSA) is 55.8 Å². The third kappa shape index (κ3) is 13.1. The molecule has 0 saturated heterocycles. The van der Waals surface area contributed by atoms with Crippen molar-refractivity contribution in [2.24, 2.45) is 17.8 Å². The van der Waals surface area contributed by atoms with Crippen molar-refractivity contribution in [2.45, 2.75) is 162 Å². The van der Waals surface area contributed by atoms with Crippen LogP contribution in [-0.4, -0.2) is 35.8 Å². The van der Waals surface area contributed by atoms with E-state index in [4.69, 9.17) is 9.47 Å². The standard InChI is InChI=1S/C37H63NO4/c1-6-9-11-12-13-14-15-16-17-18-19-20-21-22-24-26-34(39)41-31(5)42-37(40)38(8-3)36-33-28-27-32(29-33)35(36)30(4)25-23-10-7-2/h7,10,23,25,31-33,35-36H,2,6,8-9,11-22,24,26-29H2,1,3-5H3/b23-10-,30-25+. The van der Waals surface area contributed by atoms with Crippen molar-refractivity contribution in [2.75, 3.05) is 6.54 Å². The summed E-state index contributed by atoms with van der Waals surface area (Å²) in [6.45, 7) is 12.4. The number of fused-ring (bicyclic) bond motifs is 2. The van der Waals surface area contributed by atoms with Gasteiger partial charge in [0.05, 0.1) is 0 Å². The number of nitrogens with zero attached hydrogens (tertiary/aromatic N) is 1. The second kappa shape index (κ2) is 21.6. The number of unbranched alkanes of at least 4 members (excludes halogenated alkanes) is 14. The quantitative estimate of drug-likeness (QED) is 0.0518. The highest BCUT2D eigenvalue weighted by molar-refractivity contribution is 5.71. The van der Waals surface area contributed by atoms with E-state index in [0.29, 0.717) is 30.7 Å². The number of amides is 1. The number of esters is 1. The minimum Gasteiger partial charge on any atom is -0.425 e. The Labute approximate surface area is 258 Å². The Morgan fingerprint density at radius 3 is 1.90 bits per heavy atom. The molecular weight excluding hydrogens is 522 g/mol. The van der Waals surface area contributed by atoms with E-state index in [9.17, 15) is 9.59 Å². The molecule has 1 amide bonds. The van der Waals surface area contributed by atoms with Crippen LogP contribution in [0.1, 0.15) is 150 Å². The van der Waals surface area contributed by atoms with Gasteiger partial charge in [-0.3, -0.25) is 4.79 Å². The summed E-state index contributed by atoms with van der Waals surface area (Å²) in [5.74, 6) is 1.18. The van der Waals surface area contributed by atoms with Crippen LogP contribution in [0.3, 0.4) is 0 Å². The van der Waals surface area contributed by atoms with Crippen molar-refractivity contribution < 1.29 is 19.1 Å². The largest absolute Gasteiger partial charge is 0.425 e. The number of hydrogen-bond acceptors (Lipinski definition) is 4. The number of ether oxygens (including phenoxy) is 2. The summed E-state index contributed by atoms with van der Waals surface area (Å²) in [7, 11) is 0. The Bertz CT molecular complexity index is 834. The normalized spacial score (nSPS) is 22.4. The van der Waals surface area contributed by atoms with Gasteiger partial charge in [-0.25, -0.2) is 4.79 Å². The third-order valence-electron chi connectivity index (χ3n) is 9.49. The maximum atomic E-state index is 13.2. The van der Waals surface area contributed by atoms with Gasteiger partial charge >= 0.3 is 12.1 Å². The first-order valence-electron chi connectivity index (χ1n) is 17.5.